The van der Waals surface area contributed by atoms with Gasteiger partial charge in [-0.3, -0.25) is 14.9 Å². The summed E-state index contributed by atoms with van der Waals surface area (Å²) in [6, 6.07) is 4.74. The quantitative estimate of drug-likeness (QED) is 0.606. The van der Waals surface area contributed by atoms with Crippen LogP contribution in [0, 0.1) is 6.92 Å². The van der Waals surface area contributed by atoms with E-state index in [1.807, 2.05) is 13.0 Å². The third-order valence-electron chi connectivity index (χ3n) is 3.80. The fraction of sp³-hybridized carbons (Fsp3) is 0.357. The Labute approximate surface area is 121 Å². The maximum absolute atomic E-state index is 12.8. The van der Waals surface area contributed by atoms with E-state index in [0.29, 0.717) is 24.4 Å². The molecule has 1 unspecified atom stereocenters. The van der Waals surface area contributed by atoms with Crippen LogP contribution in [0.3, 0.4) is 0 Å². The van der Waals surface area contributed by atoms with Crippen molar-refractivity contribution in [2.24, 2.45) is 0 Å². The van der Waals surface area contributed by atoms with Crippen LogP contribution in [0.2, 0.25) is 0 Å². The molecule has 4 amide bonds. The van der Waals surface area contributed by atoms with Crippen molar-refractivity contribution in [1.29, 1.82) is 0 Å². The Morgan fingerprint density at radius 2 is 2.05 bits per heavy atom. The number of aryl methyl sites for hydroxylation is 1. The van der Waals surface area contributed by atoms with E-state index in [0.717, 1.165) is 5.56 Å². The van der Waals surface area contributed by atoms with Crippen LogP contribution >= 0.6 is 0 Å². The highest BCUT2D eigenvalue weighted by Crippen LogP contribution is 2.42. The first-order chi connectivity index (χ1) is 10.0. The molecule has 0 saturated carbocycles. The second kappa shape index (κ2) is 4.56. The molecule has 1 aromatic carbocycles. The monoisotopic (exact) mass is 289 g/mol. The molecule has 2 heterocycles. The molecule has 7 nitrogen and oxygen atoms in total. The number of nitrogens with one attached hydrogen (secondary N) is 2. The molecule has 1 atom stereocenters. The summed E-state index contributed by atoms with van der Waals surface area (Å²) in [6.07, 6.45) is 0. The van der Waals surface area contributed by atoms with E-state index in [-0.39, 0.29) is 0 Å². The number of urea groups is 1. The summed E-state index contributed by atoms with van der Waals surface area (Å²) in [7, 11) is 1.54. The third-order valence-corrected chi connectivity index (χ3v) is 3.80. The summed E-state index contributed by atoms with van der Waals surface area (Å²) in [5.41, 5.74) is 0.391. The predicted molar refractivity (Wildman–Crippen MR) is 73.8 cm³/mol. The van der Waals surface area contributed by atoms with Crippen molar-refractivity contribution in [2.45, 2.75) is 12.5 Å². The number of nitrogens with zero attached hydrogens (tertiary/aromatic N) is 1. The number of benzene rings is 1. The zero-order chi connectivity index (χ0) is 15.2. The fourth-order valence-corrected chi connectivity index (χ4v) is 2.81. The summed E-state index contributed by atoms with van der Waals surface area (Å²) >= 11 is 0. The second-order valence-electron chi connectivity index (χ2n) is 5.13. The molecule has 0 aliphatic carbocycles. The number of anilines is 1. The lowest BCUT2D eigenvalue weighted by Gasteiger charge is -2.20. The van der Waals surface area contributed by atoms with Crippen molar-refractivity contribution in [3.63, 3.8) is 0 Å². The van der Waals surface area contributed by atoms with Crippen molar-refractivity contribution in [3.8, 4) is 0 Å². The van der Waals surface area contributed by atoms with Gasteiger partial charge >= 0.3 is 6.03 Å². The van der Waals surface area contributed by atoms with Gasteiger partial charge in [0.1, 0.15) is 0 Å². The molecule has 1 saturated heterocycles. The van der Waals surface area contributed by atoms with E-state index in [4.69, 9.17) is 4.74 Å². The third kappa shape index (κ3) is 1.74. The number of fused-ring (bicyclic) bond motifs is 2. The molecule has 1 aromatic rings. The molecule has 2 N–H and O–H groups in total. The number of hydrogen-bond donors (Lipinski definition) is 2. The average molecular weight is 289 g/mol. The normalized spacial score (nSPS) is 23.5. The summed E-state index contributed by atoms with van der Waals surface area (Å²) in [5, 5.41) is 4.64. The molecule has 2 aliphatic rings. The number of carbonyl (C=O) groups is 3. The molecule has 2 aliphatic heterocycles. The number of imide groups is 1. The lowest BCUT2D eigenvalue weighted by molar-refractivity contribution is -0.134. The van der Waals surface area contributed by atoms with Crippen molar-refractivity contribution in [2.75, 3.05) is 25.2 Å². The van der Waals surface area contributed by atoms with E-state index in [2.05, 4.69) is 10.6 Å². The number of ether oxygens (including phenoxy) is 1. The molecule has 110 valence electrons. The molecule has 21 heavy (non-hydrogen) atoms. The van der Waals surface area contributed by atoms with Crippen LogP contribution in [0.4, 0.5) is 10.5 Å². The summed E-state index contributed by atoms with van der Waals surface area (Å²) in [5.74, 6) is -1.09. The van der Waals surface area contributed by atoms with Gasteiger partial charge in [0, 0.05) is 19.2 Å². The van der Waals surface area contributed by atoms with Gasteiger partial charge in [-0.1, -0.05) is 17.7 Å². The maximum Gasteiger partial charge on any atom is 0.323 e. The lowest BCUT2D eigenvalue weighted by atomic mass is 9.90. The minimum atomic E-state index is -1.65. The number of carbonyl (C=O) groups excluding carboxylic acids is 3. The zero-order valence-electron chi connectivity index (χ0n) is 11.7. The van der Waals surface area contributed by atoms with Crippen LogP contribution < -0.4 is 15.5 Å². The van der Waals surface area contributed by atoms with Crippen molar-refractivity contribution >= 4 is 23.5 Å². The van der Waals surface area contributed by atoms with Gasteiger partial charge in [-0.25, -0.2) is 4.79 Å². The number of methoxy groups -OCH3 is 1. The van der Waals surface area contributed by atoms with Gasteiger partial charge in [0.15, 0.2) is 0 Å². The first-order valence-electron chi connectivity index (χ1n) is 6.56. The first-order valence-corrected chi connectivity index (χ1v) is 6.56. The molecule has 0 aromatic heterocycles. The standard InChI is InChI=1S/C14H15N3O4/c1-8-3-4-10-9(7-8)14(11(18)15-13(20)16-14)12(19)17(10)5-6-21-2/h3-4,7H,5-6H2,1-2H3,(H2,15,16,18,20). The maximum atomic E-state index is 12.8. The van der Waals surface area contributed by atoms with E-state index in [1.54, 1.807) is 12.1 Å². The summed E-state index contributed by atoms with van der Waals surface area (Å²) < 4.78 is 5.01. The Kier molecular flexibility index (Phi) is 2.94. The molecule has 3 rings (SSSR count). The van der Waals surface area contributed by atoms with E-state index in [1.165, 1.54) is 12.0 Å². The lowest BCUT2D eigenvalue weighted by Crippen LogP contribution is -2.52. The van der Waals surface area contributed by atoms with Crippen molar-refractivity contribution in [1.82, 2.24) is 10.6 Å². The minimum Gasteiger partial charge on any atom is -0.383 e. The van der Waals surface area contributed by atoms with Gasteiger partial charge in [0.2, 0.25) is 5.54 Å². The fourth-order valence-electron chi connectivity index (χ4n) is 2.81. The molecule has 0 bridgehead atoms. The molecular formula is C14H15N3O4. The highest BCUT2D eigenvalue weighted by atomic mass is 16.5. The van der Waals surface area contributed by atoms with Crippen LogP contribution in [0.1, 0.15) is 11.1 Å². The topological polar surface area (TPSA) is 87.7 Å². The highest BCUT2D eigenvalue weighted by molar-refractivity contribution is 6.27. The van der Waals surface area contributed by atoms with Crippen LogP contribution in [-0.4, -0.2) is 38.1 Å². The van der Waals surface area contributed by atoms with Crippen molar-refractivity contribution < 1.29 is 19.1 Å². The van der Waals surface area contributed by atoms with E-state index >= 15 is 0 Å². The molecular weight excluding hydrogens is 274 g/mol. The molecule has 1 fully saturated rings. The summed E-state index contributed by atoms with van der Waals surface area (Å²) in [4.78, 5) is 38.0. The Balaban J connectivity index is 2.15. The largest absolute Gasteiger partial charge is 0.383 e. The van der Waals surface area contributed by atoms with Crippen LogP contribution in [0.5, 0.6) is 0 Å². The van der Waals surface area contributed by atoms with E-state index in [9.17, 15) is 14.4 Å². The predicted octanol–water partition coefficient (Wildman–Crippen LogP) is 0.0227. The zero-order valence-corrected chi connectivity index (χ0v) is 11.7. The average Bonchev–Trinajstić information content (AvgIpc) is 2.86. The van der Waals surface area contributed by atoms with Gasteiger partial charge in [-0.2, -0.15) is 0 Å². The van der Waals surface area contributed by atoms with Gasteiger partial charge in [0.05, 0.1) is 12.3 Å². The van der Waals surface area contributed by atoms with Gasteiger partial charge in [-0.05, 0) is 13.0 Å². The van der Waals surface area contributed by atoms with E-state index < -0.39 is 23.4 Å². The number of amides is 4. The van der Waals surface area contributed by atoms with Crippen LogP contribution in [-0.2, 0) is 19.9 Å². The van der Waals surface area contributed by atoms with Gasteiger partial charge in [0.25, 0.3) is 11.8 Å². The smallest absolute Gasteiger partial charge is 0.323 e. The van der Waals surface area contributed by atoms with Gasteiger partial charge < -0.3 is 15.0 Å². The highest BCUT2D eigenvalue weighted by Gasteiger charge is 2.61. The molecule has 7 heteroatoms. The Hall–Kier alpha value is -2.41. The SMILES string of the molecule is COCCN1C(=O)C2(NC(=O)NC2=O)c2cc(C)ccc21. The minimum absolute atomic E-state index is 0.316. The Bertz CT molecular complexity index is 658. The Morgan fingerprint density at radius 1 is 1.29 bits per heavy atom. The van der Waals surface area contributed by atoms with Crippen LogP contribution in [0.25, 0.3) is 0 Å². The first kappa shape index (κ1) is 13.6. The second-order valence-corrected chi connectivity index (χ2v) is 5.13. The van der Waals surface area contributed by atoms with Gasteiger partial charge in [-0.15, -0.1) is 0 Å². The van der Waals surface area contributed by atoms with Crippen molar-refractivity contribution in [3.05, 3.63) is 29.3 Å². The molecule has 0 radical (unpaired) electrons. The van der Waals surface area contributed by atoms with Crippen LogP contribution in [0.15, 0.2) is 18.2 Å². The summed E-state index contributed by atoms with van der Waals surface area (Å²) in [6.45, 7) is 2.52. The number of rotatable bonds is 3. The number of hydrogen-bond acceptors (Lipinski definition) is 4. The Morgan fingerprint density at radius 3 is 2.67 bits per heavy atom. The molecule has 1 spiro atoms.